The molecule has 5 nitrogen and oxygen atoms in total. The second-order valence-electron chi connectivity index (χ2n) is 4.62. The number of pyridine rings is 1. The molecular weight excluding hydrogens is 274 g/mol. The molecule has 0 amide bonds. The van der Waals surface area contributed by atoms with Crippen molar-refractivity contribution in [3.8, 4) is 11.8 Å². The summed E-state index contributed by atoms with van der Waals surface area (Å²) >= 11 is 0. The number of nitrogens with two attached hydrogens (primary N) is 1. The van der Waals surface area contributed by atoms with E-state index < -0.39 is 10.0 Å². The van der Waals surface area contributed by atoms with E-state index in [4.69, 9.17) is 5.73 Å². The number of hydrogen-bond acceptors (Lipinski definition) is 4. The Bertz CT molecular complexity index is 600. The van der Waals surface area contributed by atoms with Gasteiger partial charge in [-0.3, -0.25) is 4.98 Å². The Balaban J connectivity index is 3.20. The lowest BCUT2D eigenvalue weighted by Crippen LogP contribution is -2.37. The molecule has 2 N–H and O–H groups in total. The molecule has 1 rings (SSSR count). The predicted molar refractivity (Wildman–Crippen MR) is 79.5 cm³/mol. The van der Waals surface area contributed by atoms with Gasteiger partial charge in [-0.05, 0) is 26.3 Å². The maximum Gasteiger partial charge on any atom is 0.244 e. The fourth-order valence-electron chi connectivity index (χ4n) is 1.79. The fourth-order valence-corrected chi connectivity index (χ4v) is 3.51. The summed E-state index contributed by atoms with van der Waals surface area (Å²) in [7, 11) is -3.54. The molecule has 0 aromatic carbocycles. The molecule has 110 valence electrons. The Kier molecular flexibility index (Phi) is 6.14. The lowest BCUT2D eigenvalue weighted by atomic mass is 10.3. The number of rotatable bonds is 5. The van der Waals surface area contributed by atoms with Crippen LogP contribution in [-0.4, -0.2) is 36.8 Å². The fraction of sp³-hybridized carbons (Fsp3) is 0.500. The van der Waals surface area contributed by atoms with Gasteiger partial charge in [0.25, 0.3) is 0 Å². The number of sulfonamides is 1. The van der Waals surface area contributed by atoms with E-state index in [1.54, 1.807) is 0 Å². The highest BCUT2D eigenvalue weighted by Crippen LogP contribution is 2.18. The lowest BCUT2D eigenvalue weighted by molar-refractivity contribution is 0.354. The summed E-state index contributed by atoms with van der Waals surface area (Å²) in [5.41, 5.74) is 5.86. The number of hydrogen-bond donors (Lipinski definition) is 1. The van der Waals surface area contributed by atoms with E-state index in [0.717, 1.165) is 6.42 Å². The van der Waals surface area contributed by atoms with Crippen LogP contribution in [0.5, 0.6) is 0 Å². The molecule has 0 aliphatic rings. The average Bonchev–Trinajstić information content (AvgIpc) is 2.42. The van der Waals surface area contributed by atoms with Crippen molar-refractivity contribution in [1.29, 1.82) is 0 Å². The molecule has 0 spiro atoms. The SMILES string of the molecule is CCCN(C(C)C)S(=O)(=O)c1cncc(C#CCN)c1. The monoisotopic (exact) mass is 295 g/mol. The molecule has 0 aliphatic carbocycles. The molecule has 1 aromatic rings. The molecule has 1 heterocycles. The van der Waals surface area contributed by atoms with Gasteiger partial charge in [-0.25, -0.2) is 8.42 Å². The van der Waals surface area contributed by atoms with Crippen LogP contribution in [0.15, 0.2) is 23.4 Å². The van der Waals surface area contributed by atoms with Crippen molar-refractivity contribution in [2.45, 2.75) is 38.1 Å². The van der Waals surface area contributed by atoms with Crippen LogP contribution in [-0.2, 0) is 10.0 Å². The van der Waals surface area contributed by atoms with Gasteiger partial charge in [0, 0.05) is 30.5 Å². The van der Waals surface area contributed by atoms with Gasteiger partial charge in [0.15, 0.2) is 0 Å². The van der Waals surface area contributed by atoms with Gasteiger partial charge in [-0.1, -0.05) is 18.8 Å². The third kappa shape index (κ3) is 4.04. The van der Waals surface area contributed by atoms with Crippen LogP contribution >= 0.6 is 0 Å². The van der Waals surface area contributed by atoms with Crippen LogP contribution < -0.4 is 5.73 Å². The summed E-state index contributed by atoms with van der Waals surface area (Å²) in [5, 5.41) is 0. The van der Waals surface area contributed by atoms with Gasteiger partial charge >= 0.3 is 0 Å². The molecule has 6 heteroatoms. The molecule has 0 saturated carbocycles. The topological polar surface area (TPSA) is 76.3 Å². The highest BCUT2D eigenvalue weighted by Gasteiger charge is 2.26. The van der Waals surface area contributed by atoms with Gasteiger partial charge in [0.05, 0.1) is 6.54 Å². The van der Waals surface area contributed by atoms with Crippen molar-refractivity contribution in [1.82, 2.24) is 9.29 Å². The zero-order valence-electron chi connectivity index (χ0n) is 12.1. The van der Waals surface area contributed by atoms with Crippen LogP contribution in [0, 0.1) is 11.8 Å². The van der Waals surface area contributed by atoms with Crippen LogP contribution in [0.25, 0.3) is 0 Å². The first-order valence-corrected chi connectivity index (χ1v) is 8.03. The summed E-state index contributed by atoms with van der Waals surface area (Å²) in [6.07, 6.45) is 3.65. The van der Waals surface area contributed by atoms with Crippen LogP contribution in [0.1, 0.15) is 32.8 Å². The van der Waals surface area contributed by atoms with Gasteiger partial charge in [0.2, 0.25) is 10.0 Å². The van der Waals surface area contributed by atoms with Crippen molar-refractivity contribution in [2.24, 2.45) is 5.73 Å². The van der Waals surface area contributed by atoms with Crippen molar-refractivity contribution in [2.75, 3.05) is 13.1 Å². The Labute approximate surface area is 121 Å². The second-order valence-corrected chi connectivity index (χ2v) is 6.52. The van der Waals surface area contributed by atoms with Gasteiger partial charge < -0.3 is 5.73 Å². The Morgan fingerprint density at radius 3 is 2.65 bits per heavy atom. The maximum absolute atomic E-state index is 12.6. The summed E-state index contributed by atoms with van der Waals surface area (Å²) in [6.45, 7) is 6.38. The third-order valence-electron chi connectivity index (χ3n) is 2.67. The molecule has 0 radical (unpaired) electrons. The molecule has 0 saturated heterocycles. The van der Waals surface area contributed by atoms with Crippen molar-refractivity contribution in [3.05, 3.63) is 24.0 Å². The minimum Gasteiger partial charge on any atom is -0.320 e. The van der Waals surface area contributed by atoms with Crippen LogP contribution in [0.4, 0.5) is 0 Å². The van der Waals surface area contributed by atoms with Crippen LogP contribution in [0.2, 0.25) is 0 Å². The average molecular weight is 295 g/mol. The normalized spacial score (nSPS) is 11.5. The van der Waals surface area contributed by atoms with Crippen LogP contribution in [0.3, 0.4) is 0 Å². The van der Waals surface area contributed by atoms with E-state index in [1.165, 1.54) is 22.8 Å². The molecule has 1 aromatic heterocycles. The largest absolute Gasteiger partial charge is 0.320 e. The predicted octanol–water partition coefficient (Wildman–Crippen LogP) is 1.20. The molecule has 20 heavy (non-hydrogen) atoms. The minimum atomic E-state index is -3.54. The van der Waals surface area contributed by atoms with Crippen molar-refractivity contribution >= 4 is 10.0 Å². The van der Waals surface area contributed by atoms with E-state index in [9.17, 15) is 8.42 Å². The first-order valence-electron chi connectivity index (χ1n) is 6.59. The maximum atomic E-state index is 12.6. The number of aromatic nitrogens is 1. The molecular formula is C14H21N3O2S. The van der Waals surface area contributed by atoms with E-state index in [-0.39, 0.29) is 17.5 Å². The van der Waals surface area contributed by atoms with Crippen molar-refractivity contribution < 1.29 is 8.42 Å². The summed E-state index contributed by atoms with van der Waals surface area (Å²) in [5.74, 6) is 5.49. The van der Waals surface area contributed by atoms with Gasteiger partial charge in [-0.15, -0.1) is 0 Å². The van der Waals surface area contributed by atoms with Crippen molar-refractivity contribution in [3.63, 3.8) is 0 Å². The van der Waals surface area contributed by atoms with E-state index in [2.05, 4.69) is 16.8 Å². The summed E-state index contributed by atoms with van der Waals surface area (Å²) < 4.78 is 26.7. The second kappa shape index (κ2) is 7.39. The Morgan fingerprint density at radius 1 is 1.40 bits per heavy atom. The third-order valence-corrected chi connectivity index (χ3v) is 4.72. The first kappa shape index (κ1) is 16.6. The first-order chi connectivity index (χ1) is 9.43. The Morgan fingerprint density at radius 2 is 2.10 bits per heavy atom. The molecule has 0 bridgehead atoms. The molecule has 0 fully saturated rings. The molecule has 0 unspecified atom stereocenters. The highest BCUT2D eigenvalue weighted by molar-refractivity contribution is 7.89. The summed E-state index contributed by atoms with van der Waals surface area (Å²) in [4.78, 5) is 4.13. The van der Waals surface area contributed by atoms with E-state index in [1.807, 2.05) is 20.8 Å². The highest BCUT2D eigenvalue weighted by atomic mass is 32.2. The molecule has 0 aliphatic heterocycles. The molecule has 0 atom stereocenters. The zero-order valence-corrected chi connectivity index (χ0v) is 12.9. The summed E-state index contributed by atoms with van der Waals surface area (Å²) in [6, 6.07) is 1.44. The Hall–Kier alpha value is -1.42. The quantitative estimate of drug-likeness (QED) is 0.828. The van der Waals surface area contributed by atoms with Gasteiger partial charge in [0.1, 0.15) is 4.90 Å². The van der Waals surface area contributed by atoms with E-state index >= 15 is 0 Å². The number of nitrogens with zero attached hydrogens (tertiary/aromatic N) is 2. The zero-order chi connectivity index (χ0) is 15.2. The lowest BCUT2D eigenvalue weighted by Gasteiger charge is -2.25. The van der Waals surface area contributed by atoms with E-state index in [0.29, 0.717) is 12.1 Å². The minimum absolute atomic E-state index is 0.0984. The smallest absolute Gasteiger partial charge is 0.244 e. The standard InChI is InChI=1S/C14H21N3O2S/c1-4-8-17(12(2)3)20(18,19)14-9-13(6-5-7-15)10-16-11-14/h9-12H,4,7-8,15H2,1-3H3. The van der Waals surface area contributed by atoms with Gasteiger partial charge in [-0.2, -0.15) is 4.31 Å².